The van der Waals surface area contributed by atoms with E-state index in [1.807, 2.05) is 17.5 Å². The molecule has 8 heteroatoms. The van der Waals surface area contributed by atoms with E-state index in [0.717, 1.165) is 22.6 Å². The van der Waals surface area contributed by atoms with Crippen LogP contribution in [0.2, 0.25) is 0 Å². The third-order valence-corrected chi connectivity index (χ3v) is 5.73. The molecule has 0 radical (unpaired) electrons. The van der Waals surface area contributed by atoms with Crippen molar-refractivity contribution in [3.63, 3.8) is 0 Å². The fourth-order valence-electron chi connectivity index (χ4n) is 2.44. The van der Waals surface area contributed by atoms with Crippen molar-refractivity contribution in [1.29, 1.82) is 0 Å². The fraction of sp³-hybridized carbons (Fsp3) is 0.200. The number of nitrogens with one attached hydrogen (secondary N) is 1. The second kappa shape index (κ2) is 8.04. The standard InChI is InChI=1S/C20H19N3O3S2/c1-20(2,3)14-6-4-13(5-7-14)16-12-27-19(21-16)22-17(24)10-8-15-9-11-18(28-15)23(25)26/h4-12H,1-3H3,(H,21,22,24). The molecule has 0 atom stereocenters. The van der Waals surface area contributed by atoms with Crippen molar-refractivity contribution < 1.29 is 9.72 Å². The first-order valence-corrected chi connectivity index (χ1v) is 10.2. The van der Waals surface area contributed by atoms with Gasteiger partial charge in [0, 0.05) is 28.0 Å². The molecule has 3 aromatic rings. The van der Waals surface area contributed by atoms with E-state index in [2.05, 4.69) is 43.2 Å². The average molecular weight is 414 g/mol. The number of hydrogen-bond donors (Lipinski definition) is 1. The van der Waals surface area contributed by atoms with E-state index in [-0.39, 0.29) is 16.3 Å². The summed E-state index contributed by atoms with van der Waals surface area (Å²) in [5, 5.41) is 15.8. The lowest BCUT2D eigenvalue weighted by Gasteiger charge is -2.18. The second-order valence-electron chi connectivity index (χ2n) is 7.12. The van der Waals surface area contributed by atoms with Crippen LogP contribution < -0.4 is 5.32 Å². The first-order chi connectivity index (χ1) is 13.2. The largest absolute Gasteiger partial charge is 0.324 e. The number of thiazole rings is 1. The number of nitrogens with zero attached hydrogens (tertiary/aromatic N) is 2. The van der Waals surface area contributed by atoms with Gasteiger partial charge in [-0.05, 0) is 23.1 Å². The van der Waals surface area contributed by atoms with E-state index in [1.54, 1.807) is 12.1 Å². The number of aromatic nitrogens is 1. The Hall–Kier alpha value is -2.84. The molecule has 3 rings (SSSR count). The molecule has 0 aliphatic carbocycles. The maximum Gasteiger partial charge on any atom is 0.324 e. The maximum absolute atomic E-state index is 12.1. The normalized spacial score (nSPS) is 11.7. The Kier molecular flexibility index (Phi) is 5.71. The lowest BCUT2D eigenvalue weighted by molar-refractivity contribution is -0.380. The number of amides is 1. The summed E-state index contributed by atoms with van der Waals surface area (Å²) >= 11 is 2.36. The van der Waals surface area contributed by atoms with Crippen LogP contribution >= 0.6 is 22.7 Å². The van der Waals surface area contributed by atoms with Crippen LogP contribution in [0.5, 0.6) is 0 Å². The summed E-state index contributed by atoms with van der Waals surface area (Å²) in [7, 11) is 0. The molecule has 28 heavy (non-hydrogen) atoms. The molecule has 2 aromatic heterocycles. The van der Waals surface area contributed by atoms with Gasteiger partial charge < -0.3 is 0 Å². The van der Waals surface area contributed by atoms with E-state index in [1.165, 1.54) is 29.0 Å². The van der Waals surface area contributed by atoms with Crippen molar-refractivity contribution in [2.24, 2.45) is 0 Å². The van der Waals surface area contributed by atoms with Crippen LogP contribution in [0.1, 0.15) is 31.2 Å². The molecule has 144 valence electrons. The Bertz CT molecular complexity index is 1030. The van der Waals surface area contributed by atoms with E-state index in [0.29, 0.717) is 10.0 Å². The zero-order valence-corrected chi connectivity index (χ0v) is 17.3. The van der Waals surface area contributed by atoms with Crippen LogP contribution in [0.15, 0.2) is 47.9 Å². The molecule has 1 N–H and O–H groups in total. The third-order valence-electron chi connectivity index (χ3n) is 3.97. The molecule has 6 nitrogen and oxygen atoms in total. The molecule has 0 saturated carbocycles. The van der Waals surface area contributed by atoms with Crippen LogP contribution in [0.3, 0.4) is 0 Å². The first-order valence-electron chi connectivity index (χ1n) is 8.52. The molecule has 0 fully saturated rings. The number of carbonyl (C=O) groups excluding carboxylic acids is 1. The van der Waals surface area contributed by atoms with Gasteiger partial charge in [0.25, 0.3) is 0 Å². The Morgan fingerprint density at radius 1 is 1.18 bits per heavy atom. The highest BCUT2D eigenvalue weighted by atomic mass is 32.1. The van der Waals surface area contributed by atoms with Gasteiger partial charge in [0.2, 0.25) is 5.91 Å². The van der Waals surface area contributed by atoms with Gasteiger partial charge in [-0.15, -0.1) is 11.3 Å². The van der Waals surface area contributed by atoms with Crippen molar-refractivity contribution in [3.8, 4) is 11.3 Å². The molecule has 0 saturated heterocycles. The van der Waals surface area contributed by atoms with Crippen LogP contribution in [-0.2, 0) is 10.2 Å². The minimum atomic E-state index is -0.451. The summed E-state index contributed by atoms with van der Waals surface area (Å²) in [6, 6.07) is 11.3. The summed E-state index contributed by atoms with van der Waals surface area (Å²) in [4.78, 5) is 27.4. The lowest BCUT2D eigenvalue weighted by atomic mass is 9.86. The summed E-state index contributed by atoms with van der Waals surface area (Å²) in [5.74, 6) is -0.333. The van der Waals surface area contributed by atoms with Crippen molar-refractivity contribution in [2.75, 3.05) is 5.32 Å². The van der Waals surface area contributed by atoms with Gasteiger partial charge in [-0.1, -0.05) is 56.4 Å². The highest BCUT2D eigenvalue weighted by molar-refractivity contribution is 7.16. The molecule has 0 unspecified atom stereocenters. The Balaban J connectivity index is 1.64. The molecule has 0 aliphatic rings. The first kappa shape index (κ1) is 19.9. The van der Waals surface area contributed by atoms with Gasteiger partial charge in [-0.25, -0.2) is 4.98 Å². The summed E-state index contributed by atoms with van der Waals surface area (Å²) in [5.41, 5.74) is 3.14. The molecular weight excluding hydrogens is 394 g/mol. The second-order valence-corrected chi connectivity index (χ2v) is 9.07. The molecule has 1 amide bonds. The van der Waals surface area contributed by atoms with E-state index >= 15 is 0 Å². The van der Waals surface area contributed by atoms with Gasteiger partial charge >= 0.3 is 5.00 Å². The molecule has 0 spiro atoms. The zero-order valence-electron chi connectivity index (χ0n) is 15.6. The summed E-state index contributed by atoms with van der Waals surface area (Å²) in [6.45, 7) is 6.50. The van der Waals surface area contributed by atoms with E-state index in [9.17, 15) is 14.9 Å². The Morgan fingerprint density at radius 2 is 1.89 bits per heavy atom. The molecule has 2 heterocycles. The summed E-state index contributed by atoms with van der Waals surface area (Å²) < 4.78 is 0. The average Bonchev–Trinajstić information content (AvgIpc) is 3.29. The van der Waals surface area contributed by atoms with Crippen molar-refractivity contribution in [2.45, 2.75) is 26.2 Å². The number of anilines is 1. The smallest absolute Gasteiger partial charge is 0.298 e. The highest BCUT2D eigenvalue weighted by Gasteiger charge is 2.14. The number of hydrogen-bond acceptors (Lipinski definition) is 6. The van der Waals surface area contributed by atoms with Crippen LogP contribution in [0.4, 0.5) is 10.1 Å². The Morgan fingerprint density at radius 3 is 2.50 bits per heavy atom. The molecule has 1 aromatic carbocycles. The van der Waals surface area contributed by atoms with E-state index < -0.39 is 4.92 Å². The number of carbonyl (C=O) groups is 1. The molecule has 0 bridgehead atoms. The molecular formula is C20H19N3O3S2. The Labute approximate surface area is 170 Å². The van der Waals surface area contributed by atoms with Gasteiger partial charge in [0.15, 0.2) is 5.13 Å². The minimum Gasteiger partial charge on any atom is -0.298 e. The topological polar surface area (TPSA) is 85.1 Å². The zero-order chi connectivity index (χ0) is 20.3. The number of rotatable bonds is 5. The van der Waals surface area contributed by atoms with E-state index in [4.69, 9.17) is 0 Å². The maximum atomic E-state index is 12.1. The third kappa shape index (κ3) is 4.90. The fourth-order valence-corrected chi connectivity index (χ4v) is 3.89. The van der Waals surface area contributed by atoms with Crippen molar-refractivity contribution >= 4 is 44.8 Å². The quantitative estimate of drug-likeness (QED) is 0.329. The predicted molar refractivity (Wildman–Crippen MR) is 115 cm³/mol. The molecule has 0 aliphatic heterocycles. The predicted octanol–water partition coefficient (Wildman–Crippen LogP) is 5.73. The van der Waals surface area contributed by atoms with Crippen LogP contribution in [0, 0.1) is 10.1 Å². The van der Waals surface area contributed by atoms with Gasteiger partial charge in [-0.2, -0.15) is 0 Å². The van der Waals surface area contributed by atoms with Crippen LogP contribution in [0.25, 0.3) is 17.3 Å². The van der Waals surface area contributed by atoms with Crippen molar-refractivity contribution in [1.82, 2.24) is 4.98 Å². The SMILES string of the molecule is CC(C)(C)c1ccc(-c2csc(NC(=O)C=Cc3ccc([N+](=O)[O-])s3)n2)cc1. The minimum absolute atomic E-state index is 0.0436. The number of nitro groups is 1. The van der Waals surface area contributed by atoms with Gasteiger partial charge in [-0.3, -0.25) is 20.2 Å². The van der Waals surface area contributed by atoms with Gasteiger partial charge in [0.1, 0.15) is 0 Å². The summed E-state index contributed by atoms with van der Waals surface area (Å²) in [6.07, 6.45) is 2.89. The number of benzene rings is 1. The number of thiophene rings is 1. The highest BCUT2D eigenvalue weighted by Crippen LogP contribution is 2.28. The van der Waals surface area contributed by atoms with Gasteiger partial charge in [0.05, 0.1) is 10.6 Å². The monoisotopic (exact) mass is 413 g/mol. The lowest BCUT2D eigenvalue weighted by Crippen LogP contribution is -2.10. The van der Waals surface area contributed by atoms with Crippen molar-refractivity contribution in [3.05, 3.63) is 68.4 Å². The van der Waals surface area contributed by atoms with Crippen LogP contribution in [-0.4, -0.2) is 15.8 Å².